The van der Waals surface area contributed by atoms with Gasteiger partial charge in [0.05, 0.1) is 6.61 Å². The standard InChI is InChI=1S/C19H21NO/c1-16(20-14-7-3-2-4-8-15-21)18-13-9-11-17-10-5-6-12-19(17)18/h3,5-7,9-13,16,20-21H,8,14-15H2,1H3/t16-/m1/s1. The van der Waals surface area contributed by atoms with Gasteiger partial charge in [0, 0.05) is 19.0 Å². The van der Waals surface area contributed by atoms with E-state index in [0.717, 1.165) is 6.54 Å². The number of hydrogen-bond donors (Lipinski definition) is 2. The Balaban J connectivity index is 1.97. The summed E-state index contributed by atoms with van der Waals surface area (Å²) in [4.78, 5) is 0. The van der Waals surface area contributed by atoms with Crippen LogP contribution in [0.3, 0.4) is 0 Å². The van der Waals surface area contributed by atoms with Crippen molar-refractivity contribution >= 4 is 10.8 Å². The van der Waals surface area contributed by atoms with Gasteiger partial charge >= 0.3 is 0 Å². The molecule has 0 aliphatic carbocycles. The molecule has 2 rings (SSSR count). The van der Waals surface area contributed by atoms with E-state index in [-0.39, 0.29) is 12.6 Å². The molecule has 0 bridgehead atoms. The topological polar surface area (TPSA) is 32.3 Å². The minimum Gasteiger partial charge on any atom is -0.395 e. The van der Waals surface area contributed by atoms with Crippen molar-refractivity contribution in [1.82, 2.24) is 5.32 Å². The first kappa shape index (κ1) is 15.3. The Bertz CT molecular complexity index is 659. The van der Waals surface area contributed by atoms with Gasteiger partial charge in [0.15, 0.2) is 0 Å². The number of nitrogens with one attached hydrogen (secondary N) is 1. The van der Waals surface area contributed by atoms with Gasteiger partial charge in [-0.2, -0.15) is 0 Å². The quantitative estimate of drug-likeness (QED) is 0.822. The summed E-state index contributed by atoms with van der Waals surface area (Å²) in [6, 6.07) is 15.2. The lowest BCUT2D eigenvalue weighted by Crippen LogP contribution is -2.18. The van der Waals surface area contributed by atoms with E-state index >= 15 is 0 Å². The summed E-state index contributed by atoms with van der Waals surface area (Å²) in [5.74, 6) is 5.76. The van der Waals surface area contributed by atoms with Crippen molar-refractivity contribution in [3.8, 4) is 11.8 Å². The molecule has 0 saturated carbocycles. The fraction of sp³-hybridized carbons (Fsp3) is 0.263. The van der Waals surface area contributed by atoms with Gasteiger partial charge < -0.3 is 10.4 Å². The first-order chi connectivity index (χ1) is 10.3. The number of hydrogen-bond acceptors (Lipinski definition) is 2. The third-order valence-electron chi connectivity index (χ3n) is 3.37. The van der Waals surface area contributed by atoms with Gasteiger partial charge in [-0.25, -0.2) is 0 Å². The monoisotopic (exact) mass is 279 g/mol. The Hall–Kier alpha value is -2.08. The second-order valence-corrected chi connectivity index (χ2v) is 4.90. The van der Waals surface area contributed by atoms with Crippen molar-refractivity contribution in [2.24, 2.45) is 0 Å². The molecule has 0 amide bonds. The molecule has 1 atom stereocenters. The van der Waals surface area contributed by atoms with Crippen molar-refractivity contribution in [3.63, 3.8) is 0 Å². The molecule has 0 radical (unpaired) electrons. The van der Waals surface area contributed by atoms with E-state index in [0.29, 0.717) is 6.42 Å². The van der Waals surface area contributed by atoms with Crippen molar-refractivity contribution in [3.05, 3.63) is 60.2 Å². The molecule has 2 heteroatoms. The smallest absolute Gasteiger partial charge is 0.0540 e. The molecule has 108 valence electrons. The van der Waals surface area contributed by atoms with Crippen LogP contribution in [-0.2, 0) is 0 Å². The maximum absolute atomic E-state index is 8.62. The van der Waals surface area contributed by atoms with Gasteiger partial charge in [-0.05, 0) is 29.3 Å². The molecule has 2 N–H and O–H groups in total. The van der Waals surface area contributed by atoms with Crippen LogP contribution in [0, 0.1) is 11.8 Å². The second kappa shape index (κ2) is 8.26. The first-order valence-corrected chi connectivity index (χ1v) is 7.28. The highest BCUT2D eigenvalue weighted by molar-refractivity contribution is 5.86. The molecule has 2 aromatic carbocycles. The molecule has 0 fully saturated rings. The maximum Gasteiger partial charge on any atom is 0.0540 e. The van der Waals surface area contributed by atoms with Gasteiger partial charge in [-0.3, -0.25) is 0 Å². The van der Waals surface area contributed by atoms with E-state index in [1.165, 1.54) is 16.3 Å². The summed E-state index contributed by atoms with van der Waals surface area (Å²) in [6.07, 6.45) is 4.37. The summed E-state index contributed by atoms with van der Waals surface area (Å²) in [5, 5.41) is 14.7. The summed E-state index contributed by atoms with van der Waals surface area (Å²) in [6.45, 7) is 3.07. The van der Waals surface area contributed by atoms with Crippen molar-refractivity contribution in [2.45, 2.75) is 19.4 Å². The molecule has 0 aliphatic heterocycles. The van der Waals surface area contributed by atoms with E-state index < -0.39 is 0 Å². The Kier molecular flexibility index (Phi) is 6.02. The lowest BCUT2D eigenvalue weighted by molar-refractivity contribution is 0.305. The highest BCUT2D eigenvalue weighted by atomic mass is 16.2. The summed E-state index contributed by atoms with van der Waals surface area (Å²) in [5.41, 5.74) is 1.31. The number of aliphatic hydroxyl groups excluding tert-OH is 1. The minimum atomic E-state index is 0.122. The average Bonchev–Trinajstić information content (AvgIpc) is 2.53. The van der Waals surface area contributed by atoms with Gasteiger partial charge in [0.1, 0.15) is 0 Å². The van der Waals surface area contributed by atoms with Crippen LogP contribution in [0.15, 0.2) is 54.6 Å². The van der Waals surface area contributed by atoms with Crippen molar-refractivity contribution in [2.75, 3.05) is 13.2 Å². The molecule has 0 heterocycles. The normalized spacial score (nSPS) is 12.3. The molecule has 0 unspecified atom stereocenters. The third kappa shape index (κ3) is 4.46. The summed E-state index contributed by atoms with van der Waals surface area (Å²) < 4.78 is 0. The highest BCUT2D eigenvalue weighted by Crippen LogP contribution is 2.23. The fourth-order valence-corrected chi connectivity index (χ4v) is 2.29. The molecule has 0 aromatic heterocycles. The van der Waals surface area contributed by atoms with Crippen LogP contribution in [0.2, 0.25) is 0 Å². The van der Waals surface area contributed by atoms with Crippen LogP contribution in [0.1, 0.15) is 24.9 Å². The van der Waals surface area contributed by atoms with Gasteiger partial charge in [0.2, 0.25) is 0 Å². The van der Waals surface area contributed by atoms with E-state index in [9.17, 15) is 0 Å². The van der Waals surface area contributed by atoms with Crippen LogP contribution in [0.25, 0.3) is 10.8 Å². The number of benzene rings is 2. The molecule has 0 spiro atoms. The Morgan fingerprint density at radius 1 is 1.19 bits per heavy atom. The zero-order valence-electron chi connectivity index (χ0n) is 12.3. The number of aliphatic hydroxyl groups is 1. The molecular weight excluding hydrogens is 258 g/mol. The zero-order chi connectivity index (χ0) is 14.9. The van der Waals surface area contributed by atoms with Crippen LogP contribution in [0.4, 0.5) is 0 Å². The SMILES string of the molecule is C[C@@H](NCC=CC#CCCO)c1cccc2ccccc12. The van der Waals surface area contributed by atoms with Crippen LogP contribution in [0.5, 0.6) is 0 Å². The van der Waals surface area contributed by atoms with E-state index in [4.69, 9.17) is 5.11 Å². The highest BCUT2D eigenvalue weighted by Gasteiger charge is 2.07. The molecular formula is C19H21NO. The predicted molar refractivity (Wildman–Crippen MR) is 89.0 cm³/mol. The Labute approximate surface area is 126 Å². The molecule has 21 heavy (non-hydrogen) atoms. The van der Waals surface area contributed by atoms with Crippen molar-refractivity contribution < 1.29 is 5.11 Å². The lowest BCUT2D eigenvalue weighted by Gasteiger charge is -2.15. The molecule has 0 saturated heterocycles. The molecule has 2 aromatic rings. The van der Waals surface area contributed by atoms with Crippen LogP contribution < -0.4 is 5.32 Å². The van der Waals surface area contributed by atoms with E-state index in [1.807, 2.05) is 12.2 Å². The van der Waals surface area contributed by atoms with Gasteiger partial charge in [-0.15, -0.1) is 0 Å². The molecule has 2 nitrogen and oxygen atoms in total. The lowest BCUT2D eigenvalue weighted by atomic mass is 10.00. The summed E-state index contributed by atoms with van der Waals surface area (Å²) >= 11 is 0. The third-order valence-corrected chi connectivity index (χ3v) is 3.37. The van der Waals surface area contributed by atoms with E-state index in [2.05, 4.69) is 66.5 Å². The predicted octanol–water partition coefficient (Wildman–Crippen LogP) is 3.43. The second-order valence-electron chi connectivity index (χ2n) is 4.90. The number of allylic oxidation sites excluding steroid dienone is 1. The largest absolute Gasteiger partial charge is 0.395 e. The fourth-order valence-electron chi connectivity index (χ4n) is 2.29. The van der Waals surface area contributed by atoms with E-state index in [1.54, 1.807) is 0 Å². The van der Waals surface area contributed by atoms with Crippen molar-refractivity contribution in [1.29, 1.82) is 0 Å². The summed E-state index contributed by atoms with van der Waals surface area (Å²) in [7, 11) is 0. The number of rotatable bonds is 5. The number of fused-ring (bicyclic) bond motifs is 1. The zero-order valence-corrected chi connectivity index (χ0v) is 12.3. The minimum absolute atomic E-state index is 0.122. The Morgan fingerprint density at radius 2 is 2.00 bits per heavy atom. The van der Waals surface area contributed by atoms with Gasteiger partial charge in [0.25, 0.3) is 0 Å². The average molecular weight is 279 g/mol. The maximum atomic E-state index is 8.62. The molecule has 0 aliphatic rings. The van der Waals surface area contributed by atoms with Crippen LogP contribution >= 0.6 is 0 Å². The van der Waals surface area contributed by atoms with Crippen LogP contribution in [-0.4, -0.2) is 18.3 Å². The Morgan fingerprint density at radius 3 is 2.86 bits per heavy atom. The first-order valence-electron chi connectivity index (χ1n) is 7.28. The van der Waals surface area contributed by atoms with Gasteiger partial charge in [-0.1, -0.05) is 60.4 Å².